The van der Waals surface area contributed by atoms with E-state index in [9.17, 15) is 9.18 Å². The molecule has 1 aliphatic rings. The Morgan fingerprint density at radius 3 is 3.07 bits per heavy atom. The second-order valence-electron chi connectivity index (χ2n) is 6.52. The summed E-state index contributed by atoms with van der Waals surface area (Å²) in [5.41, 5.74) is 2.28. The van der Waals surface area contributed by atoms with Crippen molar-refractivity contribution in [3.63, 3.8) is 0 Å². The molecule has 9 heteroatoms. The van der Waals surface area contributed by atoms with E-state index in [0.717, 1.165) is 16.0 Å². The Kier molecular flexibility index (Phi) is 4.91. The van der Waals surface area contributed by atoms with Crippen LogP contribution < -0.4 is 10.3 Å². The van der Waals surface area contributed by atoms with Crippen molar-refractivity contribution < 1.29 is 13.9 Å². The van der Waals surface area contributed by atoms with E-state index < -0.39 is 0 Å². The summed E-state index contributed by atoms with van der Waals surface area (Å²) in [5, 5.41) is 5.21. The number of ether oxygens (including phenoxy) is 2. The number of aromatic nitrogens is 2. The van der Waals surface area contributed by atoms with Gasteiger partial charge in [0.1, 0.15) is 16.4 Å². The normalized spacial score (nSPS) is 13.4. The Morgan fingerprint density at radius 1 is 1.34 bits per heavy atom. The highest BCUT2D eigenvalue weighted by atomic mass is 32.2. The Labute approximate surface area is 177 Å². The topological polar surface area (TPSA) is 53.4 Å². The van der Waals surface area contributed by atoms with Gasteiger partial charge in [-0.1, -0.05) is 17.8 Å². The van der Waals surface area contributed by atoms with Crippen molar-refractivity contribution in [3.8, 4) is 16.2 Å². The third-order valence-corrected chi connectivity index (χ3v) is 7.52. The summed E-state index contributed by atoms with van der Waals surface area (Å²) in [6, 6.07) is 6.87. The molecule has 4 aromatic rings. The van der Waals surface area contributed by atoms with Crippen LogP contribution in [0.2, 0.25) is 0 Å². The van der Waals surface area contributed by atoms with Crippen LogP contribution >= 0.6 is 34.4 Å². The number of fused-ring (bicyclic) bond motifs is 2. The van der Waals surface area contributed by atoms with Crippen LogP contribution in [0.5, 0.6) is 5.75 Å². The summed E-state index contributed by atoms with van der Waals surface area (Å²) in [6.45, 7) is 0.480. The van der Waals surface area contributed by atoms with E-state index in [-0.39, 0.29) is 18.2 Å². The van der Waals surface area contributed by atoms with Gasteiger partial charge in [0.05, 0.1) is 12.0 Å². The molecule has 0 amide bonds. The highest BCUT2D eigenvalue weighted by Gasteiger charge is 2.19. The fourth-order valence-corrected chi connectivity index (χ4v) is 6.04. The molecule has 3 aromatic heterocycles. The number of thioether (sulfide) groups is 1. The zero-order chi connectivity index (χ0) is 20.0. The summed E-state index contributed by atoms with van der Waals surface area (Å²) < 4.78 is 26.4. The number of nitrogens with zero attached hydrogens (tertiary/aromatic N) is 2. The molecule has 0 N–H and O–H groups in total. The second-order valence-corrected chi connectivity index (χ2v) is 9.27. The van der Waals surface area contributed by atoms with Gasteiger partial charge in [-0.15, -0.1) is 22.7 Å². The maximum absolute atomic E-state index is 14.0. The van der Waals surface area contributed by atoms with Crippen molar-refractivity contribution in [2.24, 2.45) is 7.05 Å². The predicted molar refractivity (Wildman–Crippen MR) is 114 cm³/mol. The lowest BCUT2D eigenvalue weighted by molar-refractivity contribution is -0.0171. The van der Waals surface area contributed by atoms with Gasteiger partial charge in [-0.2, -0.15) is 0 Å². The number of hydrogen-bond donors (Lipinski definition) is 0. The molecule has 1 aliphatic heterocycles. The van der Waals surface area contributed by atoms with Crippen LogP contribution in [0.4, 0.5) is 4.39 Å². The van der Waals surface area contributed by atoms with Crippen molar-refractivity contribution in [2.45, 2.75) is 17.5 Å². The number of halogens is 1. The van der Waals surface area contributed by atoms with E-state index >= 15 is 0 Å². The van der Waals surface area contributed by atoms with Crippen molar-refractivity contribution in [3.05, 3.63) is 62.3 Å². The number of rotatable bonds is 4. The fourth-order valence-electron chi connectivity index (χ4n) is 3.30. The molecule has 29 heavy (non-hydrogen) atoms. The minimum absolute atomic E-state index is 0.0759. The third kappa shape index (κ3) is 3.38. The molecule has 5 rings (SSSR count). The van der Waals surface area contributed by atoms with Crippen LogP contribution in [-0.2, 0) is 24.1 Å². The van der Waals surface area contributed by atoms with Crippen molar-refractivity contribution >= 4 is 44.7 Å². The first-order valence-electron chi connectivity index (χ1n) is 8.78. The van der Waals surface area contributed by atoms with Gasteiger partial charge in [0.15, 0.2) is 11.9 Å². The molecule has 0 atom stereocenters. The monoisotopic (exact) mass is 446 g/mol. The van der Waals surface area contributed by atoms with Crippen LogP contribution in [0.3, 0.4) is 0 Å². The SMILES string of the molecule is Cn1c(SCc2cc(F)cc3c2OCOC3)nc2scc(-c3cccs3)c2c1=O. The molecule has 0 radical (unpaired) electrons. The van der Waals surface area contributed by atoms with Crippen molar-refractivity contribution in [2.75, 3.05) is 6.79 Å². The van der Waals surface area contributed by atoms with E-state index in [1.165, 1.54) is 35.2 Å². The molecule has 0 unspecified atom stereocenters. The predicted octanol–water partition coefficient (Wildman–Crippen LogP) is 5.02. The number of hydrogen-bond acceptors (Lipinski definition) is 7. The summed E-state index contributed by atoms with van der Waals surface area (Å²) >= 11 is 4.46. The van der Waals surface area contributed by atoms with Crippen LogP contribution in [0.1, 0.15) is 11.1 Å². The van der Waals surface area contributed by atoms with Gasteiger partial charge in [0, 0.05) is 39.7 Å². The summed E-state index contributed by atoms with van der Waals surface area (Å²) in [4.78, 5) is 19.5. The standard InChI is InChI=1S/C20H15FN2O3S3/c1-23-19(24)16-14(15-3-2-4-27-15)9-28-18(16)22-20(23)29-8-12-6-13(21)5-11-7-25-10-26-17(11)12/h2-6,9H,7-8,10H2,1H3. The Bertz CT molecular complexity index is 1260. The molecule has 0 bridgehead atoms. The van der Waals surface area contributed by atoms with E-state index in [4.69, 9.17) is 14.5 Å². The Hall–Kier alpha value is -2.20. The first-order chi connectivity index (χ1) is 14.1. The second kappa shape index (κ2) is 7.56. The summed E-state index contributed by atoms with van der Waals surface area (Å²) in [5.74, 6) is 0.770. The minimum atomic E-state index is -0.329. The first-order valence-corrected chi connectivity index (χ1v) is 11.5. The van der Waals surface area contributed by atoms with E-state index in [0.29, 0.717) is 39.0 Å². The van der Waals surface area contributed by atoms with Gasteiger partial charge in [0.25, 0.3) is 5.56 Å². The molecule has 1 aromatic carbocycles. The first kappa shape index (κ1) is 18.8. The maximum atomic E-state index is 14.0. The maximum Gasteiger partial charge on any atom is 0.263 e. The molecule has 148 valence electrons. The van der Waals surface area contributed by atoms with E-state index in [2.05, 4.69) is 0 Å². The van der Waals surface area contributed by atoms with Gasteiger partial charge in [-0.05, 0) is 23.6 Å². The lowest BCUT2D eigenvalue weighted by atomic mass is 10.1. The van der Waals surface area contributed by atoms with Crippen LogP contribution in [0, 0.1) is 5.82 Å². The molecule has 5 nitrogen and oxygen atoms in total. The van der Waals surface area contributed by atoms with Crippen molar-refractivity contribution in [1.29, 1.82) is 0 Å². The van der Waals surface area contributed by atoms with Gasteiger partial charge in [-0.25, -0.2) is 9.37 Å². The summed E-state index contributed by atoms with van der Waals surface area (Å²) in [7, 11) is 1.72. The molecular formula is C20H15FN2O3S3. The Morgan fingerprint density at radius 2 is 2.24 bits per heavy atom. The molecule has 0 fully saturated rings. The van der Waals surface area contributed by atoms with Gasteiger partial charge < -0.3 is 9.47 Å². The van der Waals surface area contributed by atoms with Crippen LogP contribution in [-0.4, -0.2) is 16.3 Å². The van der Waals surface area contributed by atoms with E-state index in [1.807, 2.05) is 22.9 Å². The van der Waals surface area contributed by atoms with Gasteiger partial charge >= 0.3 is 0 Å². The molecular weight excluding hydrogens is 431 g/mol. The zero-order valence-corrected chi connectivity index (χ0v) is 17.8. The minimum Gasteiger partial charge on any atom is -0.467 e. The van der Waals surface area contributed by atoms with Gasteiger partial charge in [-0.3, -0.25) is 9.36 Å². The molecule has 0 spiro atoms. The number of benzene rings is 1. The van der Waals surface area contributed by atoms with Crippen LogP contribution in [0.25, 0.3) is 20.7 Å². The highest BCUT2D eigenvalue weighted by Crippen LogP contribution is 2.36. The molecule has 0 saturated carbocycles. The smallest absolute Gasteiger partial charge is 0.263 e. The fraction of sp³-hybridized carbons (Fsp3) is 0.200. The summed E-state index contributed by atoms with van der Waals surface area (Å²) in [6.07, 6.45) is 0. The largest absolute Gasteiger partial charge is 0.467 e. The number of thiophene rings is 2. The molecule has 0 aliphatic carbocycles. The van der Waals surface area contributed by atoms with E-state index in [1.54, 1.807) is 23.0 Å². The lowest BCUT2D eigenvalue weighted by Crippen LogP contribution is -2.19. The third-order valence-electron chi connectivity index (χ3n) is 4.67. The highest BCUT2D eigenvalue weighted by molar-refractivity contribution is 7.98. The van der Waals surface area contributed by atoms with Crippen molar-refractivity contribution in [1.82, 2.24) is 9.55 Å². The van der Waals surface area contributed by atoms with Gasteiger partial charge in [0.2, 0.25) is 0 Å². The molecule has 4 heterocycles. The Balaban J connectivity index is 1.50. The lowest BCUT2D eigenvalue weighted by Gasteiger charge is -2.20. The zero-order valence-electron chi connectivity index (χ0n) is 15.3. The van der Waals surface area contributed by atoms with Crippen LogP contribution in [0.15, 0.2) is 45.0 Å². The quantitative estimate of drug-likeness (QED) is 0.325. The average molecular weight is 447 g/mol. The molecule has 0 saturated heterocycles. The average Bonchev–Trinajstić information content (AvgIpc) is 3.38.